The quantitative estimate of drug-likeness (QED) is 0.180. The number of aromatic nitrogens is 2. The molecule has 7 rings (SSSR count). The summed E-state index contributed by atoms with van der Waals surface area (Å²) in [6.45, 7) is 4.44. The minimum atomic E-state index is -0.431. The van der Waals surface area contributed by atoms with Gasteiger partial charge in [0, 0.05) is 60.7 Å². The molecule has 10 heteroatoms. The number of fused-ring (bicyclic) bond motifs is 3. The van der Waals surface area contributed by atoms with Crippen LogP contribution >= 0.6 is 23.2 Å². The average Bonchev–Trinajstić information content (AvgIpc) is 3.57. The van der Waals surface area contributed by atoms with Crippen LogP contribution in [0.1, 0.15) is 84.8 Å². The lowest BCUT2D eigenvalue weighted by atomic mass is 9.98. The zero-order chi connectivity index (χ0) is 30.7. The number of hydrogen-bond donors (Lipinski definition) is 0. The van der Waals surface area contributed by atoms with Gasteiger partial charge in [0.25, 0.3) is 0 Å². The van der Waals surface area contributed by atoms with Gasteiger partial charge in [-0.15, -0.1) is 0 Å². The molecule has 3 atom stereocenters. The van der Waals surface area contributed by atoms with Crippen molar-refractivity contribution in [2.24, 2.45) is 13.0 Å². The summed E-state index contributed by atoms with van der Waals surface area (Å²) in [7, 11) is 1.95. The number of carbonyl (C=O) groups excluding carboxylic acids is 2. The number of ether oxygens (including phenoxy) is 2. The largest absolute Gasteiger partial charge is 0.462 e. The van der Waals surface area contributed by atoms with Gasteiger partial charge >= 0.3 is 11.9 Å². The van der Waals surface area contributed by atoms with Crippen molar-refractivity contribution in [1.29, 1.82) is 0 Å². The molecule has 2 bridgehead atoms. The van der Waals surface area contributed by atoms with Crippen LogP contribution in [0.4, 0.5) is 5.69 Å². The number of hydrogen-bond acceptors (Lipinski definition) is 7. The maximum absolute atomic E-state index is 13.8. The van der Waals surface area contributed by atoms with Crippen molar-refractivity contribution >= 4 is 51.7 Å². The predicted molar refractivity (Wildman–Crippen MR) is 170 cm³/mol. The number of benzene rings is 2. The van der Waals surface area contributed by atoms with Gasteiger partial charge in [0.05, 0.1) is 27.7 Å². The molecule has 4 heterocycles. The van der Waals surface area contributed by atoms with Crippen LogP contribution in [0.3, 0.4) is 0 Å². The fourth-order valence-corrected chi connectivity index (χ4v) is 7.47. The number of rotatable bonds is 8. The Labute approximate surface area is 266 Å². The summed E-state index contributed by atoms with van der Waals surface area (Å²) in [5, 5.41) is 5.95. The molecule has 230 valence electrons. The zero-order valence-corrected chi connectivity index (χ0v) is 26.5. The van der Waals surface area contributed by atoms with Crippen molar-refractivity contribution in [3.8, 4) is 11.3 Å². The lowest BCUT2D eigenvalue weighted by Crippen LogP contribution is -2.46. The van der Waals surface area contributed by atoms with E-state index in [0.29, 0.717) is 44.8 Å². The van der Waals surface area contributed by atoms with Crippen molar-refractivity contribution in [1.82, 2.24) is 9.72 Å². The molecule has 2 aromatic heterocycles. The molecule has 0 radical (unpaired) electrons. The molecule has 0 N–H and O–H groups in total. The van der Waals surface area contributed by atoms with Crippen LogP contribution < -0.4 is 4.90 Å². The highest BCUT2D eigenvalue weighted by atomic mass is 35.5. The minimum absolute atomic E-state index is 0.156. The molecule has 0 amide bonds. The van der Waals surface area contributed by atoms with E-state index in [2.05, 4.69) is 22.2 Å². The molecule has 0 unspecified atom stereocenters. The van der Waals surface area contributed by atoms with E-state index in [1.807, 2.05) is 37.7 Å². The average molecular weight is 637 g/mol. The Morgan fingerprint density at radius 1 is 1.02 bits per heavy atom. The van der Waals surface area contributed by atoms with E-state index >= 15 is 0 Å². The molecule has 8 nitrogen and oxygen atoms in total. The van der Waals surface area contributed by atoms with Crippen LogP contribution in [0.2, 0.25) is 10.0 Å². The van der Waals surface area contributed by atoms with Gasteiger partial charge in [0.1, 0.15) is 17.4 Å². The van der Waals surface area contributed by atoms with Crippen LogP contribution in [-0.2, 0) is 16.5 Å². The van der Waals surface area contributed by atoms with Gasteiger partial charge in [-0.05, 0) is 61.9 Å². The Morgan fingerprint density at radius 3 is 2.39 bits per heavy atom. The van der Waals surface area contributed by atoms with Crippen LogP contribution in [-0.4, -0.2) is 46.5 Å². The van der Waals surface area contributed by atoms with Crippen LogP contribution in [0.25, 0.3) is 22.2 Å². The summed E-state index contributed by atoms with van der Waals surface area (Å²) < 4.78 is 19.4. The third kappa shape index (κ3) is 5.26. The molecular weight excluding hydrogens is 601 g/mol. The first-order valence-corrected chi connectivity index (χ1v) is 16.1. The number of halogens is 2. The van der Waals surface area contributed by atoms with E-state index in [0.717, 1.165) is 55.1 Å². The lowest BCUT2D eigenvalue weighted by molar-refractivity contribution is 0.0202. The normalized spacial score (nSPS) is 21.3. The number of aryl methyl sites for hydroxylation is 1. The monoisotopic (exact) mass is 635 g/mol. The highest BCUT2D eigenvalue weighted by Crippen LogP contribution is 2.47. The number of piperidine rings is 1. The maximum atomic E-state index is 13.8. The van der Waals surface area contributed by atoms with Crippen molar-refractivity contribution in [3.05, 3.63) is 69.5 Å². The van der Waals surface area contributed by atoms with Gasteiger partial charge in [0.15, 0.2) is 5.76 Å². The third-order valence-electron chi connectivity index (χ3n) is 9.07. The highest BCUT2D eigenvalue weighted by Gasteiger charge is 2.44. The summed E-state index contributed by atoms with van der Waals surface area (Å²) in [4.78, 5) is 29.0. The Bertz CT molecular complexity index is 1720. The number of esters is 2. The Hall–Kier alpha value is -3.49. The molecule has 44 heavy (non-hydrogen) atoms. The summed E-state index contributed by atoms with van der Waals surface area (Å²) in [6.07, 6.45) is 7.02. The number of nitrogens with zero attached hydrogens (tertiary/aromatic N) is 3. The van der Waals surface area contributed by atoms with Gasteiger partial charge in [0.2, 0.25) is 0 Å². The van der Waals surface area contributed by atoms with E-state index in [-0.39, 0.29) is 36.0 Å². The first-order chi connectivity index (χ1) is 21.2. The van der Waals surface area contributed by atoms with Crippen LogP contribution in [0.15, 0.2) is 47.1 Å². The van der Waals surface area contributed by atoms with Crippen LogP contribution in [0, 0.1) is 5.92 Å². The topological polar surface area (TPSA) is 86.8 Å². The summed E-state index contributed by atoms with van der Waals surface area (Å²) in [5.74, 6) is 0.266. The smallest absolute Gasteiger partial charge is 0.344 e. The molecular formula is C34H35Cl2N3O5. The molecule has 3 fully saturated rings. The van der Waals surface area contributed by atoms with Gasteiger partial charge in [-0.3, -0.25) is 0 Å². The lowest BCUT2D eigenvalue weighted by Gasteiger charge is -2.40. The van der Waals surface area contributed by atoms with Gasteiger partial charge in [-0.1, -0.05) is 48.3 Å². The number of carbonyl (C=O) groups is 2. The Morgan fingerprint density at radius 2 is 1.73 bits per heavy atom. The summed E-state index contributed by atoms with van der Waals surface area (Å²) in [5.41, 5.74) is 3.85. The molecule has 2 aliphatic heterocycles. The van der Waals surface area contributed by atoms with E-state index in [4.69, 9.17) is 37.2 Å². The second-order valence-corrected chi connectivity index (χ2v) is 13.6. The standard InChI is InChI=1S/C34H35Cl2N3O5/c1-18(2)17-42-33(40)25-16-38(3)28-15-22(11-12-24(25)28)39-20-9-10-21(39)14-23(13-20)43-34(41)30-31(37-44-32(30)19-7-8-19)29-26(35)5-4-6-27(29)36/h4-6,11-12,15-16,18-21,23H,7-10,13-14,17H2,1-3H3/t20-,21+,23+. The first-order valence-electron chi connectivity index (χ1n) is 15.4. The first kappa shape index (κ1) is 29.2. The molecule has 1 aliphatic carbocycles. The number of anilines is 1. The van der Waals surface area contributed by atoms with Gasteiger partial charge in [-0.2, -0.15) is 0 Å². The van der Waals surface area contributed by atoms with Gasteiger partial charge in [-0.25, -0.2) is 9.59 Å². The van der Waals surface area contributed by atoms with E-state index < -0.39 is 5.97 Å². The minimum Gasteiger partial charge on any atom is -0.462 e. The highest BCUT2D eigenvalue weighted by molar-refractivity contribution is 6.39. The van der Waals surface area contributed by atoms with Crippen molar-refractivity contribution in [2.75, 3.05) is 11.5 Å². The zero-order valence-electron chi connectivity index (χ0n) is 25.0. The Balaban J connectivity index is 1.10. The SMILES string of the molecule is CC(C)COC(=O)c1cn(C)c2cc(N3[C@@H]4CC[C@H]3C[C@@H](OC(=O)c3c(-c5c(Cl)cccc5Cl)noc3C3CC3)C4)ccc12. The van der Waals surface area contributed by atoms with Gasteiger partial charge < -0.3 is 23.5 Å². The summed E-state index contributed by atoms with van der Waals surface area (Å²) >= 11 is 13.0. The van der Waals surface area contributed by atoms with Crippen LogP contribution in [0.5, 0.6) is 0 Å². The van der Waals surface area contributed by atoms with E-state index in [9.17, 15) is 9.59 Å². The molecule has 4 aromatic rings. The third-order valence-corrected chi connectivity index (χ3v) is 9.70. The molecule has 2 aromatic carbocycles. The molecule has 3 aliphatic rings. The predicted octanol–water partition coefficient (Wildman–Crippen LogP) is 8.19. The van der Waals surface area contributed by atoms with Crippen molar-refractivity contribution in [2.45, 2.75) is 76.5 Å². The Kier molecular flexibility index (Phi) is 7.61. The van der Waals surface area contributed by atoms with E-state index in [1.165, 1.54) is 0 Å². The maximum Gasteiger partial charge on any atom is 0.344 e. The molecule has 0 spiro atoms. The fraction of sp³-hybridized carbons (Fsp3) is 0.441. The second-order valence-electron chi connectivity index (χ2n) is 12.8. The second kappa shape index (κ2) is 11.5. The molecule has 1 saturated carbocycles. The fourth-order valence-electron chi connectivity index (χ4n) is 6.89. The van der Waals surface area contributed by atoms with Crippen molar-refractivity contribution < 1.29 is 23.6 Å². The summed E-state index contributed by atoms with van der Waals surface area (Å²) in [6, 6.07) is 12.0. The molecule has 2 saturated heterocycles. The van der Waals surface area contributed by atoms with E-state index in [1.54, 1.807) is 18.2 Å². The van der Waals surface area contributed by atoms with Crippen molar-refractivity contribution in [3.63, 3.8) is 0 Å².